The van der Waals surface area contributed by atoms with E-state index in [4.69, 9.17) is 4.55 Å². The molecule has 0 atom stereocenters. The Hall–Kier alpha value is -0.140. The summed E-state index contributed by atoms with van der Waals surface area (Å²) in [6, 6.07) is 6.24. The number of hydrogen-bond donors (Lipinski definition) is 1. The van der Waals surface area contributed by atoms with Crippen molar-refractivity contribution in [1.29, 1.82) is 0 Å². The molecule has 0 spiro atoms. The fourth-order valence-electron chi connectivity index (χ4n) is 0.789. The number of halogens is 1. The molecular weight excluding hydrogens is 291 g/mol. The smallest absolute Gasteiger partial charge is 0.282 e. The van der Waals surface area contributed by atoms with Crippen LogP contribution in [0.5, 0.6) is 0 Å². The standard InChI is InChI=1S/C7H7IO3S/c8-5-6-2-1-3-7(4-6)12(9,10)11/h1-4H,5H2,(H,9,10,11). The average Bonchev–Trinajstić information content (AvgIpc) is 2.03. The van der Waals surface area contributed by atoms with E-state index in [1.807, 2.05) is 0 Å². The summed E-state index contributed by atoms with van der Waals surface area (Å²) in [4.78, 5) is -0.0448. The molecule has 0 amide bonds. The largest absolute Gasteiger partial charge is 0.294 e. The van der Waals surface area contributed by atoms with E-state index in [0.29, 0.717) is 0 Å². The van der Waals surface area contributed by atoms with E-state index < -0.39 is 10.1 Å². The molecule has 66 valence electrons. The summed E-state index contributed by atoms with van der Waals surface area (Å²) in [6.45, 7) is 0. The molecule has 0 aliphatic rings. The van der Waals surface area contributed by atoms with Gasteiger partial charge in [-0.05, 0) is 17.7 Å². The summed E-state index contributed by atoms with van der Waals surface area (Å²) in [5.74, 6) is 0. The minimum absolute atomic E-state index is 0.0448. The van der Waals surface area contributed by atoms with E-state index in [9.17, 15) is 8.42 Å². The molecule has 0 unspecified atom stereocenters. The lowest BCUT2D eigenvalue weighted by atomic mass is 10.2. The van der Waals surface area contributed by atoms with E-state index in [-0.39, 0.29) is 4.90 Å². The van der Waals surface area contributed by atoms with Crippen molar-refractivity contribution >= 4 is 32.7 Å². The van der Waals surface area contributed by atoms with Gasteiger partial charge in [-0.2, -0.15) is 8.42 Å². The van der Waals surface area contributed by atoms with Crippen LogP contribution in [-0.4, -0.2) is 13.0 Å². The van der Waals surface area contributed by atoms with Crippen LogP contribution >= 0.6 is 22.6 Å². The second kappa shape index (κ2) is 3.71. The molecule has 0 bridgehead atoms. The molecule has 0 fully saturated rings. The lowest BCUT2D eigenvalue weighted by molar-refractivity contribution is 0.483. The predicted molar refractivity (Wildman–Crippen MR) is 54.0 cm³/mol. The minimum atomic E-state index is -4.04. The third-order valence-electron chi connectivity index (χ3n) is 1.35. The van der Waals surface area contributed by atoms with Crippen LogP contribution in [-0.2, 0) is 14.5 Å². The van der Waals surface area contributed by atoms with E-state index in [2.05, 4.69) is 22.6 Å². The lowest BCUT2D eigenvalue weighted by Crippen LogP contribution is -1.97. The first-order valence-electron chi connectivity index (χ1n) is 3.16. The fraction of sp³-hybridized carbons (Fsp3) is 0.143. The highest BCUT2D eigenvalue weighted by molar-refractivity contribution is 14.1. The third-order valence-corrected chi connectivity index (χ3v) is 3.08. The number of hydrogen-bond acceptors (Lipinski definition) is 2. The number of rotatable bonds is 2. The highest BCUT2D eigenvalue weighted by Gasteiger charge is 2.08. The molecule has 1 N–H and O–H groups in total. The SMILES string of the molecule is O=S(=O)(O)c1cccc(CI)c1. The van der Waals surface area contributed by atoms with E-state index in [1.165, 1.54) is 12.1 Å². The first-order chi connectivity index (χ1) is 5.54. The Morgan fingerprint density at radius 2 is 2.08 bits per heavy atom. The maximum Gasteiger partial charge on any atom is 0.294 e. The summed E-state index contributed by atoms with van der Waals surface area (Å²) in [5, 5.41) is 0. The first kappa shape index (κ1) is 9.94. The molecule has 1 aromatic carbocycles. The normalized spacial score (nSPS) is 11.5. The minimum Gasteiger partial charge on any atom is -0.282 e. The molecular formula is C7H7IO3S. The van der Waals surface area contributed by atoms with Crippen LogP contribution in [0.2, 0.25) is 0 Å². The number of benzene rings is 1. The van der Waals surface area contributed by atoms with Crippen molar-refractivity contribution < 1.29 is 13.0 Å². The molecule has 1 aromatic rings. The van der Waals surface area contributed by atoms with Crippen molar-refractivity contribution in [3.05, 3.63) is 29.8 Å². The summed E-state index contributed by atoms with van der Waals surface area (Å²) in [6.07, 6.45) is 0. The number of alkyl halides is 1. The van der Waals surface area contributed by atoms with Crippen molar-refractivity contribution in [3.8, 4) is 0 Å². The Morgan fingerprint density at radius 3 is 2.58 bits per heavy atom. The van der Waals surface area contributed by atoms with Gasteiger partial charge in [-0.15, -0.1) is 0 Å². The average molecular weight is 298 g/mol. The Labute approximate surface area is 84.7 Å². The van der Waals surface area contributed by atoms with Crippen molar-refractivity contribution in [3.63, 3.8) is 0 Å². The quantitative estimate of drug-likeness (QED) is 0.515. The van der Waals surface area contributed by atoms with Crippen LogP contribution in [0.3, 0.4) is 0 Å². The Kier molecular flexibility index (Phi) is 3.08. The molecule has 0 radical (unpaired) electrons. The van der Waals surface area contributed by atoms with Gasteiger partial charge in [-0.1, -0.05) is 34.7 Å². The third kappa shape index (κ3) is 2.43. The summed E-state index contributed by atoms with van der Waals surface area (Å²) in [7, 11) is -4.04. The van der Waals surface area contributed by atoms with Crippen LogP contribution in [0.4, 0.5) is 0 Å². The van der Waals surface area contributed by atoms with Gasteiger partial charge in [-0.25, -0.2) is 0 Å². The zero-order valence-electron chi connectivity index (χ0n) is 6.07. The van der Waals surface area contributed by atoms with Gasteiger partial charge in [0, 0.05) is 4.43 Å². The van der Waals surface area contributed by atoms with Gasteiger partial charge in [0.25, 0.3) is 10.1 Å². The van der Waals surface area contributed by atoms with Crippen molar-refractivity contribution in [2.24, 2.45) is 0 Å². The van der Waals surface area contributed by atoms with Gasteiger partial charge in [0.15, 0.2) is 0 Å². The summed E-state index contributed by atoms with van der Waals surface area (Å²) >= 11 is 2.12. The topological polar surface area (TPSA) is 54.4 Å². The summed E-state index contributed by atoms with van der Waals surface area (Å²) in [5.41, 5.74) is 0.880. The molecule has 0 aliphatic heterocycles. The molecule has 1 rings (SSSR count). The van der Waals surface area contributed by atoms with Gasteiger partial charge in [0.05, 0.1) is 4.90 Å². The zero-order chi connectivity index (χ0) is 9.19. The molecule has 5 heteroatoms. The van der Waals surface area contributed by atoms with Gasteiger partial charge in [0.1, 0.15) is 0 Å². The lowest BCUT2D eigenvalue weighted by Gasteiger charge is -1.98. The highest BCUT2D eigenvalue weighted by atomic mass is 127. The molecule has 0 heterocycles. The highest BCUT2D eigenvalue weighted by Crippen LogP contribution is 2.13. The predicted octanol–water partition coefficient (Wildman–Crippen LogP) is 1.87. The Morgan fingerprint density at radius 1 is 1.42 bits per heavy atom. The zero-order valence-corrected chi connectivity index (χ0v) is 9.04. The summed E-state index contributed by atoms with van der Waals surface area (Å²) < 4.78 is 30.7. The molecule has 0 saturated heterocycles. The monoisotopic (exact) mass is 298 g/mol. The van der Waals surface area contributed by atoms with Crippen molar-refractivity contribution in [1.82, 2.24) is 0 Å². The molecule has 0 saturated carbocycles. The molecule has 0 aliphatic carbocycles. The fourth-order valence-corrected chi connectivity index (χ4v) is 1.81. The molecule has 0 aromatic heterocycles. The Bertz CT molecular complexity index is 372. The van der Waals surface area contributed by atoms with Crippen LogP contribution in [0.1, 0.15) is 5.56 Å². The van der Waals surface area contributed by atoms with Crippen LogP contribution < -0.4 is 0 Å². The maximum atomic E-state index is 10.7. The first-order valence-corrected chi connectivity index (χ1v) is 6.13. The van der Waals surface area contributed by atoms with Gasteiger partial charge >= 0.3 is 0 Å². The second-order valence-corrected chi connectivity index (χ2v) is 4.44. The van der Waals surface area contributed by atoms with Crippen molar-refractivity contribution in [2.75, 3.05) is 0 Å². The maximum absolute atomic E-state index is 10.7. The Balaban J connectivity index is 3.20. The molecule has 12 heavy (non-hydrogen) atoms. The van der Waals surface area contributed by atoms with Crippen molar-refractivity contribution in [2.45, 2.75) is 9.32 Å². The molecule has 3 nitrogen and oxygen atoms in total. The van der Waals surface area contributed by atoms with Gasteiger partial charge in [0.2, 0.25) is 0 Å². The van der Waals surface area contributed by atoms with Crippen LogP contribution in [0, 0.1) is 0 Å². The van der Waals surface area contributed by atoms with Crippen LogP contribution in [0.25, 0.3) is 0 Å². The van der Waals surface area contributed by atoms with E-state index >= 15 is 0 Å². The van der Waals surface area contributed by atoms with Gasteiger partial charge < -0.3 is 0 Å². The van der Waals surface area contributed by atoms with E-state index in [0.717, 1.165) is 9.99 Å². The van der Waals surface area contributed by atoms with Crippen LogP contribution in [0.15, 0.2) is 29.2 Å². The second-order valence-electron chi connectivity index (χ2n) is 2.26. The van der Waals surface area contributed by atoms with E-state index in [1.54, 1.807) is 12.1 Å². The van der Waals surface area contributed by atoms with Gasteiger partial charge in [-0.3, -0.25) is 4.55 Å².